The Kier molecular flexibility index (Phi) is 8.24. The lowest BCUT2D eigenvalue weighted by molar-refractivity contribution is -0.257. The van der Waals surface area contributed by atoms with Crippen LogP contribution in [0.25, 0.3) is 0 Å². The third-order valence-electron chi connectivity index (χ3n) is 4.20. The van der Waals surface area contributed by atoms with Crippen LogP contribution in [0.4, 0.5) is 0 Å². The first-order valence-corrected chi connectivity index (χ1v) is 7.64. The van der Waals surface area contributed by atoms with E-state index in [2.05, 4.69) is 0 Å². The van der Waals surface area contributed by atoms with Crippen LogP contribution >= 0.6 is 0 Å². The molecule has 10 heteroatoms. The molecule has 0 amide bonds. The van der Waals surface area contributed by atoms with Gasteiger partial charge < -0.3 is 52.8 Å². The summed E-state index contributed by atoms with van der Waals surface area (Å²) in [6, 6.07) is -2.85. The fourth-order valence-electron chi connectivity index (χ4n) is 2.39. The first kappa shape index (κ1) is 20.6. The zero-order valence-corrected chi connectivity index (χ0v) is 13.2. The van der Waals surface area contributed by atoms with Crippen molar-refractivity contribution in [2.24, 2.45) is 22.9 Å². The molecule has 0 spiro atoms. The van der Waals surface area contributed by atoms with Gasteiger partial charge in [-0.2, -0.15) is 0 Å². The number of aliphatic hydroxyl groups excluding tert-OH is 4. The van der Waals surface area contributed by atoms with Gasteiger partial charge in [0.25, 0.3) is 0 Å². The normalized spacial score (nSPS) is 37.2. The van der Waals surface area contributed by atoms with Gasteiger partial charge in [0.15, 0.2) is 6.29 Å². The summed E-state index contributed by atoms with van der Waals surface area (Å²) in [5.41, 5.74) is 23.4. The minimum Gasteiger partial charge on any atom is -0.394 e. The van der Waals surface area contributed by atoms with Gasteiger partial charge in [0, 0.05) is 12.1 Å². The fraction of sp³-hybridized carbons (Fsp3) is 1.00. The Morgan fingerprint density at radius 2 is 1.74 bits per heavy atom. The van der Waals surface area contributed by atoms with Crippen molar-refractivity contribution < 1.29 is 29.9 Å². The van der Waals surface area contributed by atoms with E-state index in [-0.39, 0.29) is 6.42 Å². The van der Waals surface area contributed by atoms with E-state index in [1.165, 1.54) is 0 Å². The molecule has 1 saturated heterocycles. The summed E-state index contributed by atoms with van der Waals surface area (Å²) in [6.45, 7) is 0.809. The van der Waals surface area contributed by atoms with E-state index in [1.807, 2.05) is 0 Å². The van der Waals surface area contributed by atoms with Crippen LogP contribution in [0.3, 0.4) is 0 Å². The van der Waals surface area contributed by atoms with Crippen molar-refractivity contribution in [1.82, 2.24) is 0 Å². The lowest BCUT2D eigenvalue weighted by atomic mass is 9.95. The zero-order valence-electron chi connectivity index (χ0n) is 13.2. The van der Waals surface area contributed by atoms with Crippen molar-refractivity contribution in [3.8, 4) is 0 Å². The molecule has 0 aromatic rings. The van der Waals surface area contributed by atoms with Crippen LogP contribution < -0.4 is 22.9 Å². The van der Waals surface area contributed by atoms with Gasteiger partial charge in [-0.3, -0.25) is 0 Å². The summed E-state index contributed by atoms with van der Waals surface area (Å²) in [7, 11) is 0. The van der Waals surface area contributed by atoms with E-state index in [0.717, 1.165) is 0 Å². The molecule has 0 bridgehead atoms. The van der Waals surface area contributed by atoms with Gasteiger partial charge >= 0.3 is 0 Å². The first-order valence-electron chi connectivity index (χ1n) is 7.64. The fourth-order valence-corrected chi connectivity index (χ4v) is 2.39. The second-order valence-electron chi connectivity index (χ2n) is 6.03. The third kappa shape index (κ3) is 5.29. The van der Waals surface area contributed by atoms with E-state index in [0.29, 0.717) is 0 Å². The number of nitrogens with two attached hydrogens (primary N) is 4. The van der Waals surface area contributed by atoms with Crippen molar-refractivity contribution in [3.63, 3.8) is 0 Å². The maximum Gasteiger partial charge on any atom is 0.175 e. The number of aliphatic hydroxyl groups is 4. The van der Waals surface area contributed by atoms with E-state index in [4.69, 9.17) is 37.5 Å². The highest BCUT2D eigenvalue weighted by molar-refractivity contribution is 4.95. The van der Waals surface area contributed by atoms with Crippen molar-refractivity contribution >= 4 is 0 Å². The summed E-state index contributed by atoms with van der Waals surface area (Å²) in [6.07, 6.45) is -4.31. The topological polar surface area (TPSA) is 203 Å². The summed E-state index contributed by atoms with van der Waals surface area (Å²) in [4.78, 5) is 0. The van der Waals surface area contributed by atoms with E-state index in [1.54, 1.807) is 6.92 Å². The largest absolute Gasteiger partial charge is 0.394 e. The van der Waals surface area contributed by atoms with Gasteiger partial charge in [0.05, 0.1) is 43.6 Å². The van der Waals surface area contributed by atoms with Gasteiger partial charge in [-0.15, -0.1) is 0 Å². The number of ether oxygens (including phenoxy) is 2. The maximum absolute atomic E-state index is 9.84. The standard InChI is InChI=1S/C13H30N4O6/c1-5(6(14)2-7(15)8(20)3-18)22-13-11(17)10(16)12(21)9(4-19)23-13/h5-13,18-21H,2-4,14-17H2,1H3/t5-,6?,7?,8-,9?,10?,11?,12?,13?/m0/s1. The summed E-state index contributed by atoms with van der Waals surface area (Å²) in [5.74, 6) is 0. The van der Waals surface area contributed by atoms with Crippen LogP contribution in [0, 0.1) is 0 Å². The number of hydrogen-bond acceptors (Lipinski definition) is 10. The molecule has 0 saturated carbocycles. The average molecular weight is 338 g/mol. The summed E-state index contributed by atoms with van der Waals surface area (Å²) >= 11 is 0. The zero-order chi connectivity index (χ0) is 17.7. The molecule has 0 aromatic carbocycles. The molecule has 9 atom stereocenters. The second kappa shape index (κ2) is 9.18. The van der Waals surface area contributed by atoms with Crippen molar-refractivity contribution in [2.45, 2.75) is 68.2 Å². The molecule has 1 heterocycles. The average Bonchev–Trinajstić information content (AvgIpc) is 2.54. The molecule has 0 aromatic heterocycles. The predicted molar refractivity (Wildman–Crippen MR) is 81.9 cm³/mol. The van der Waals surface area contributed by atoms with Crippen LogP contribution in [0.15, 0.2) is 0 Å². The van der Waals surface area contributed by atoms with Gasteiger partial charge in [0.1, 0.15) is 6.10 Å². The molecular formula is C13H30N4O6. The van der Waals surface area contributed by atoms with Crippen LogP contribution in [0.5, 0.6) is 0 Å². The van der Waals surface area contributed by atoms with E-state index >= 15 is 0 Å². The Bertz CT molecular complexity index is 350. The molecule has 0 radical (unpaired) electrons. The predicted octanol–water partition coefficient (Wildman–Crippen LogP) is -4.48. The lowest BCUT2D eigenvalue weighted by Gasteiger charge is -2.42. The molecule has 1 fully saturated rings. The van der Waals surface area contributed by atoms with Gasteiger partial charge in [-0.05, 0) is 13.3 Å². The molecule has 1 rings (SSSR count). The second-order valence-corrected chi connectivity index (χ2v) is 6.03. The van der Waals surface area contributed by atoms with Crippen molar-refractivity contribution in [3.05, 3.63) is 0 Å². The van der Waals surface area contributed by atoms with Gasteiger partial charge in [-0.1, -0.05) is 0 Å². The maximum atomic E-state index is 9.84. The minimum atomic E-state index is -1.09. The van der Waals surface area contributed by atoms with E-state index in [9.17, 15) is 15.3 Å². The quantitative estimate of drug-likeness (QED) is 0.213. The Labute approximate surface area is 135 Å². The molecule has 0 aliphatic carbocycles. The Hall–Kier alpha value is -0.400. The third-order valence-corrected chi connectivity index (χ3v) is 4.20. The highest BCUT2D eigenvalue weighted by atomic mass is 16.7. The molecule has 12 N–H and O–H groups in total. The van der Waals surface area contributed by atoms with E-state index < -0.39 is 68.1 Å². The highest BCUT2D eigenvalue weighted by Gasteiger charge is 2.42. The lowest BCUT2D eigenvalue weighted by Crippen LogP contribution is -2.66. The molecule has 23 heavy (non-hydrogen) atoms. The van der Waals surface area contributed by atoms with Crippen molar-refractivity contribution in [1.29, 1.82) is 0 Å². The Morgan fingerprint density at radius 1 is 1.13 bits per heavy atom. The monoisotopic (exact) mass is 338 g/mol. The highest BCUT2D eigenvalue weighted by Crippen LogP contribution is 2.21. The molecule has 1 aliphatic heterocycles. The molecule has 138 valence electrons. The van der Waals surface area contributed by atoms with Gasteiger partial charge in [-0.25, -0.2) is 0 Å². The number of hydrogen-bond donors (Lipinski definition) is 8. The molecule has 10 nitrogen and oxygen atoms in total. The number of rotatable bonds is 8. The molecule has 1 aliphatic rings. The summed E-state index contributed by atoms with van der Waals surface area (Å²) in [5, 5.41) is 37.4. The van der Waals surface area contributed by atoms with Crippen LogP contribution in [0.1, 0.15) is 13.3 Å². The van der Waals surface area contributed by atoms with Crippen LogP contribution in [-0.2, 0) is 9.47 Å². The van der Waals surface area contributed by atoms with Crippen LogP contribution in [0.2, 0.25) is 0 Å². The van der Waals surface area contributed by atoms with Gasteiger partial charge in [0.2, 0.25) is 0 Å². The van der Waals surface area contributed by atoms with Crippen molar-refractivity contribution in [2.75, 3.05) is 13.2 Å². The molecule has 7 unspecified atom stereocenters. The first-order chi connectivity index (χ1) is 10.7. The minimum absolute atomic E-state index is 0.211. The summed E-state index contributed by atoms with van der Waals surface area (Å²) < 4.78 is 11.1. The Balaban J connectivity index is 2.59. The smallest absolute Gasteiger partial charge is 0.175 e. The SMILES string of the molecule is C[C@H](OC1OC(CO)C(O)C(N)C1N)C(N)CC(N)[C@@H](O)CO. The van der Waals surface area contributed by atoms with Crippen LogP contribution in [-0.4, -0.2) is 88.5 Å². The Morgan fingerprint density at radius 3 is 2.26 bits per heavy atom. The molecular weight excluding hydrogens is 308 g/mol.